The lowest BCUT2D eigenvalue weighted by Crippen LogP contribution is -2.48. The molecule has 184 valence electrons. The van der Waals surface area contributed by atoms with Crippen molar-refractivity contribution in [2.45, 2.75) is 50.7 Å². The lowest BCUT2D eigenvalue weighted by atomic mass is 10.0. The molecule has 0 saturated carbocycles. The summed E-state index contributed by atoms with van der Waals surface area (Å²) in [6.07, 6.45) is 10.3. The van der Waals surface area contributed by atoms with Gasteiger partial charge < -0.3 is 10.1 Å². The minimum atomic E-state index is 0.499. The maximum atomic E-state index is 5.72. The van der Waals surface area contributed by atoms with E-state index in [4.69, 9.17) is 17.0 Å². The van der Waals surface area contributed by atoms with E-state index in [0.717, 1.165) is 47.9 Å². The van der Waals surface area contributed by atoms with Crippen molar-refractivity contribution in [1.82, 2.24) is 24.6 Å². The summed E-state index contributed by atoms with van der Waals surface area (Å²) in [5, 5.41) is 10.3. The van der Waals surface area contributed by atoms with Crippen molar-refractivity contribution >= 4 is 33.8 Å². The molecule has 2 atom stereocenters. The number of nitrogens with one attached hydrogen (secondary N) is 1. The molecule has 3 saturated heterocycles. The molecule has 0 radical (unpaired) electrons. The van der Waals surface area contributed by atoms with E-state index in [1.807, 2.05) is 17.1 Å². The summed E-state index contributed by atoms with van der Waals surface area (Å²) in [6.45, 7) is 5.71. The fourth-order valence-corrected chi connectivity index (χ4v) is 6.17. The van der Waals surface area contributed by atoms with Crippen LogP contribution in [-0.2, 0) is 18.3 Å². The van der Waals surface area contributed by atoms with Crippen molar-refractivity contribution in [3.8, 4) is 11.1 Å². The highest BCUT2D eigenvalue weighted by molar-refractivity contribution is 7.80. The molecule has 6 rings (SSSR count). The third kappa shape index (κ3) is 4.85. The van der Waals surface area contributed by atoms with Gasteiger partial charge in [0.2, 0.25) is 0 Å². The van der Waals surface area contributed by atoms with Gasteiger partial charge in [-0.25, -0.2) is 4.98 Å². The van der Waals surface area contributed by atoms with Gasteiger partial charge in [0.1, 0.15) is 5.82 Å². The number of aryl methyl sites for hydroxylation is 1. The van der Waals surface area contributed by atoms with E-state index >= 15 is 0 Å². The maximum Gasteiger partial charge on any atom is 0.131 e. The number of anilines is 1. The Morgan fingerprint density at radius 3 is 2.66 bits per heavy atom. The Morgan fingerprint density at radius 1 is 1.06 bits per heavy atom. The van der Waals surface area contributed by atoms with Crippen LogP contribution in [0.2, 0.25) is 0 Å². The number of fused-ring (bicyclic) bond motifs is 3. The monoisotopic (exact) mass is 490 g/mol. The van der Waals surface area contributed by atoms with Gasteiger partial charge in [-0.15, -0.1) is 0 Å². The first-order valence-electron chi connectivity index (χ1n) is 12.9. The fraction of sp³-hybridized carbons (Fsp3) is 0.519. The van der Waals surface area contributed by atoms with Crippen LogP contribution >= 0.6 is 12.2 Å². The zero-order valence-corrected chi connectivity index (χ0v) is 21.3. The molecule has 2 bridgehead atoms. The fourth-order valence-electron chi connectivity index (χ4n) is 5.92. The molecule has 8 heteroatoms. The largest absolute Gasteiger partial charge is 0.378 e. The standard InChI is InChI=1S/C27H34N6OS/c1-31-25(15-32-9-3-2-4-10-32)24(14-29-31)19-5-6-20-13-28-26(12-21(20)11-19)30-27(35)16-33-22-7-8-23(33)18-34-17-22/h5-6,11-14,22-23H,2-4,7-10,15-18H2,1H3,(H,28,30,35). The number of likely N-dealkylation sites (tertiary alicyclic amines) is 1. The Morgan fingerprint density at radius 2 is 1.86 bits per heavy atom. The van der Waals surface area contributed by atoms with Gasteiger partial charge in [-0.1, -0.05) is 30.8 Å². The van der Waals surface area contributed by atoms with Gasteiger partial charge in [-0.3, -0.25) is 14.5 Å². The Kier molecular flexibility index (Phi) is 6.54. The van der Waals surface area contributed by atoms with Crippen molar-refractivity contribution in [2.75, 3.05) is 38.2 Å². The number of piperidine rings is 1. The molecule has 3 aromatic rings. The van der Waals surface area contributed by atoms with E-state index in [1.54, 1.807) is 0 Å². The Hall–Kier alpha value is -2.39. The second-order valence-corrected chi connectivity index (χ2v) is 10.7. The lowest BCUT2D eigenvalue weighted by molar-refractivity contribution is -0.00616. The number of hydrogen-bond acceptors (Lipinski definition) is 6. The van der Waals surface area contributed by atoms with Crippen molar-refractivity contribution in [3.05, 3.63) is 42.4 Å². The summed E-state index contributed by atoms with van der Waals surface area (Å²) >= 11 is 5.72. The smallest absolute Gasteiger partial charge is 0.131 e. The number of nitrogens with zero attached hydrogens (tertiary/aromatic N) is 5. The van der Waals surface area contributed by atoms with E-state index in [-0.39, 0.29) is 0 Å². The minimum absolute atomic E-state index is 0.499. The molecule has 1 N–H and O–H groups in total. The lowest BCUT2D eigenvalue weighted by Gasteiger charge is -2.34. The molecule has 35 heavy (non-hydrogen) atoms. The topological polar surface area (TPSA) is 58.5 Å². The van der Waals surface area contributed by atoms with Gasteiger partial charge in [0.05, 0.1) is 30.1 Å². The number of pyridine rings is 1. The molecule has 2 aromatic heterocycles. The molecule has 3 fully saturated rings. The molecular weight excluding hydrogens is 456 g/mol. The summed E-state index contributed by atoms with van der Waals surface area (Å²) in [4.78, 5) is 10.5. The van der Waals surface area contributed by atoms with E-state index in [2.05, 4.69) is 56.5 Å². The van der Waals surface area contributed by atoms with E-state index in [1.165, 1.54) is 62.0 Å². The second kappa shape index (κ2) is 9.93. The van der Waals surface area contributed by atoms with Crippen LogP contribution in [0.3, 0.4) is 0 Å². The summed E-state index contributed by atoms with van der Waals surface area (Å²) in [6, 6.07) is 9.71. The molecule has 1 aromatic carbocycles. The minimum Gasteiger partial charge on any atom is -0.378 e. The molecule has 3 aliphatic rings. The van der Waals surface area contributed by atoms with Crippen LogP contribution in [0.5, 0.6) is 0 Å². The summed E-state index contributed by atoms with van der Waals surface area (Å²) in [5.41, 5.74) is 3.69. The molecule has 2 unspecified atom stereocenters. The normalized spacial score (nSPS) is 23.1. The molecule has 3 aliphatic heterocycles. The average molecular weight is 491 g/mol. The van der Waals surface area contributed by atoms with E-state index in [0.29, 0.717) is 12.1 Å². The van der Waals surface area contributed by atoms with Crippen molar-refractivity contribution in [1.29, 1.82) is 0 Å². The average Bonchev–Trinajstić information content (AvgIpc) is 3.31. The molecular formula is C27H34N6OS. The van der Waals surface area contributed by atoms with Crippen LogP contribution < -0.4 is 5.32 Å². The molecule has 0 aliphatic carbocycles. The highest BCUT2D eigenvalue weighted by Gasteiger charge is 2.37. The van der Waals surface area contributed by atoms with Gasteiger partial charge in [0.25, 0.3) is 0 Å². The number of thiocarbonyl (C=S) groups is 1. The third-order valence-corrected chi connectivity index (χ3v) is 8.13. The highest BCUT2D eigenvalue weighted by Crippen LogP contribution is 2.30. The Labute approximate surface area is 212 Å². The van der Waals surface area contributed by atoms with Crippen molar-refractivity contribution in [2.24, 2.45) is 7.05 Å². The van der Waals surface area contributed by atoms with Gasteiger partial charge in [0, 0.05) is 49.4 Å². The first-order chi connectivity index (χ1) is 17.1. The highest BCUT2D eigenvalue weighted by atomic mass is 32.1. The van der Waals surface area contributed by atoms with Crippen LogP contribution in [-0.4, -0.2) is 74.5 Å². The van der Waals surface area contributed by atoms with Crippen LogP contribution in [0.25, 0.3) is 21.9 Å². The van der Waals surface area contributed by atoms with Crippen LogP contribution in [0, 0.1) is 0 Å². The number of benzene rings is 1. The van der Waals surface area contributed by atoms with Gasteiger partial charge in [-0.2, -0.15) is 5.10 Å². The summed E-state index contributed by atoms with van der Waals surface area (Å²) < 4.78 is 7.74. The van der Waals surface area contributed by atoms with Crippen molar-refractivity contribution < 1.29 is 4.74 Å². The molecule has 0 spiro atoms. The van der Waals surface area contributed by atoms with Crippen LogP contribution in [0.4, 0.5) is 5.82 Å². The summed E-state index contributed by atoms with van der Waals surface area (Å²) in [5.74, 6) is 0.806. The first-order valence-corrected chi connectivity index (χ1v) is 13.3. The SMILES string of the molecule is Cn1ncc(-c2ccc3cnc(NC(=S)CN4C5CCC4COC5)cc3c2)c1CN1CCCCC1. The molecule has 0 amide bonds. The molecule has 5 heterocycles. The first kappa shape index (κ1) is 23.0. The number of rotatable bonds is 6. The van der Waals surface area contributed by atoms with Gasteiger partial charge >= 0.3 is 0 Å². The van der Waals surface area contributed by atoms with Crippen LogP contribution in [0.15, 0.2) is 36.7 Å². The molecule has 7 nitrogen and oxygen atoms in total. The quantitative estimate of drug-likeness (QED) is 0.519. The second-order valence-electron chi connectivity index (χ2n) is 10.2. The van der Waals surface area contributed by atoms with Gasteiger partial charge in [-0.05, 0) is 61.9 Å². The number of aromatic nitrogens is 3. The van der Waals surface area contributed by atoms with E-state index in [9.17, 15) is 0 Å². The zero-order chi connectivity index (χ0) is 23.8. The summed E-state index contributed by atoms with van der Waals surface area (Å²) in [7, 11) is 2.05. The predicted molar refractivity (Wildman–Crippen MR) is 144 cm³/mol. The number of morpholine rings is 1. The Bertz CT molecular complexity index is 1200. The van der Waals surface area contributed by atoms with Crippen LogP contribution in [0.1, 0.15) is 37.8 Å². The van der Waals surface area contributed by atoms with E-state index < -0.39 is 0 Å². The Balaban J connectivity index is 1.20. The predicted octanol–water partition coefficient (Wildman–Crippen LogP) is 4.22. The van der Waals surface area contributed by atoms with Crippen molar-refractivity contribution in [3.63, 3.8) is 0 Å². The third-order valence-electron chi connectivity index (χ3n) is 7.90. The van der Waals surface area contributed by atoms with Gasteiger partial charge in [0.15, 0.2) is 0 Å². The number of hydrogen-bond donors (Lipinski definition) is 1. The number of ether oxygens (including phenoxy) is 1. The maximum absolute atomic E-state index is 5.72. The zero-order valence-electron chi connectivity index (χ0n) is 20.4.